The van der Waals surface area contributed by atoms with Gasteiger partial charge in [-0.05, 0) is 31.2 Å². The normalized spacial score (nSPS) is 14.9. The van der Waals surface area contributed by atoms with Gasteiger partial charge in [0.15, 0.2) is 0 Å². The first-order chi connectivity index (χ1) is 7.20. The second-order valence-corrected chi connectivity index (χ2v) is 3.15. The van der Waals surface area contributed by atoms with E-state index in [-0.39, 0.29) is 5.91 Å². The summed E-state index contributed by atoms with van der Waals surface area (Å²) in [5, 5.41) is 0. The Balaban J connectivity index is 2.32. The molecule has 0 aliphatic carbocycles. The second-order valence-electron chi connectivity index (χ2n) is 3.15. The van der Waals surface area contributed by atoms with E-state index in [1.165, 1.54) is 0 Å². The van der Waals surface area contributed by atoms with Gasteiger partial charge in [-0.2, -0.15) is 4.99 Å². The van der Waals surface area contributed by atoms with Crippen LogP contribution in [0.2, 0.25) is 0 Å². The van der Waals surface area contributed by atoms with E-state index in [1.54, 1.807) is 38.3 Å². The number of hydrogen-bond donors (Lipinski definition) is 0. The molecule has 0 fully saturated rings. The van der Waals surface area contributed by atoms with Crippen molar-refractivity contribution in [1.29, 1.82) is 0 Å². The van der Waals surface area contributed by atoms with Crippen LogP contribution in [0.25, 0.3) is 0 Å². The van der Waals surface area contributed by atoms with Gasteiger partial charge in [0.05, 0.1) is 7.11 Å². The van der Waals surface area contributed by atoms with E-state index in [0.717, 1.165) is 11.3 Å². The number of nitrogens with zero attached hydrogens (tertiary/aromatic N) is 2. The first-order valence-electron chi connectivity index (χ1n) is 4.53. The first-order valence-corrected chi connectivity index (χ1v) is 4.53. The van der Waals surface area contributed by atoms with Crippen LogP contribution in [-0.4, -0.2) is 24.6 Å². The molecule has 0 aromatic heterocycles. The van der Waals surface area contributed by atoms with Crippen LogP contribution in [-0.2, 0) is 4.79 Å². The van der Waals surface area contributed by atoms with Crippen molar-refractivity contribution in [3.05, 3.63) is 29.8 Å². The summed E-state index contributed by atoms with van der Waals surface area (Å²) in [7, 11) is 1.60. The molecule has 0 bridgehead atoms. The zero-order chi connectivity index (χ0) is 10.8. The third-order valence-electron chi connectivity index (χ3n) is 2.10. The van der Waals surface area contributed by atoms with Gasteiger partial charge >= 0.3 is 0 Å². The van der Waals surface area contributed by atoms with Crippen LogP contribution in [0, 0.1) is 0 Å². The molecule has 4 nitrogen and oxygen atoms in total. The Labute approximate surface area is 87.3 Å². The quantitative estimate of drug-likeness (QED) is 0.728. The molecule has 76 valence electrons. The molecule has 4 heteroatoms. The van der Waals surface area contributed by atoms with Crippen LogP contribution in [0.3, 0.4) is 0 Å². The number of amidine groups is 1. The highest BCUT2D eigenvalue weighted by molar-refractivity contribution is 6.50. The van der Waals surface area contributed by atoms with Crippen LogP contribution in [0.4, 0.5) is 0 Å². The van der Waals surface area contributed by atoms with Crippen molar-refractivity contribution in [3.63, 3.8) is 0 Å². The molecule has 1 aromatic carbocycles. The smallest absolute Gasteiger partial charge is 0.297 e. The second kappa shape index (κ2) is 3.65. The maximum atomic E-state index is 11.4. The fourth-order valence-corrected chi connectivity index (χ4v) is 1.37. The van der Waals surface area contributed by atoms with Crippen molar-refractivity contribution in [3.8, 4) is 5.75 Å². The molecule has 1 heterocycles. The number of carbonyl (C=O) groups excluding carboxylic acids is 1. The topological polar surface area (TPSA) is 51.0 Å². The number of methoxy groups -OCH3 is 1. The van der Waals surface area contributed by atoms with Crippen LogP contribution < -0.4 is 4.74 Å². The number of benzene rings is 1. The van der Waals surface area contributed by atoms with Gasteiger partial charge in [-0.1, -0.05) is 0 Å². The van der Waals surface area contributed by atoms with Crippen molar-refractivity contribution in [2.24, 2.45) is 9.98 Å². The van der Waals surface area contributed by atoms with Crippen LogP contribution in [0.1, 0.15) is 12.5 Å². The Morgan fingerprint density at radius 2 is 1.80 bits per heavy atom. The molecule has 0 N–H and O–H groups in total. The molecule has 0 saturated carbocycles. The minimum atomic E-state index is -0.280. The van der Waals surface area contributed by atoms with E-state index in [0.29, 0.717) is 11.5 Å². The predicted octanol–water partition coefficient (Wildman–Crippen LogP) is 1.44. The van der Waals surface area contributed by atoms with E-state index >= 15 is 0 Å². The highest BCUT2D eigenvalue weighted by Gasteiger charge is 2.18. The van der Waals surface area contributed by atoms with Gasteiger partial charge in [0.25, 0.3) is 5.91 Å². The molecule has 0 unspecified atom stereocenters. The Bertz CT molecular complexity index is 458. The van der Waals surface area contributed by atoms with Gasteiger partial charge in [0, 0.05) is 5.56 Å². The van der Waals surface area contributed by atoms with E-state index in [4.69, 9.17) is 4.74 Å². The average Bonchev–Trinajstić information content (AvgIpc) is 2.58. The lowest BCUT2D eigenvalue weighted by atomic mass is 10.1. The van der Waals surface area contributed by atoms with Crippen molar-refractivity contribution in [1.82, 2.24) is 0 Å². The summed E-state index contributed by atoms with van der Waals surface area (Å²) in [5.41, 5.74) is 1.16. The maximum Gasteiger partial charge on any atom is 0.297 e. The number of aliphatic imine (C=N–C) groups is 2. The van der Waals surface area contributed by atoms with E-state index in [1.807, 2.05) is 0 Å². The standard InChI is InChI=1S/C11H10N2O2/c1-7-12-10(11(14)13-7)8-3-5-9(15-2)6-4-8/h3-6H,1-2H3. The largest absolute Gasteiger partial charge is 0.497 e. The molecule has 0 spiro atoms. The molecule has 1 aromatic rings. The summed E-state index contributed by atoms with van der Waals surface area (Å²) in [6, 6.07) is 7.17. The third-order valence-corrected chi connectivity index (χ3v) is 2.10. The van der Waals surface area contributed by atoms with Crippen molar-refractivity contribution in [2.75, 3.05) is 7.11 Å². The summed E-state index contributed by atoms with van der Waals surface area (Å²) in [6.45, 7) is 1.70. The molecular weight excluding hydrogens is 192 g/mol. The molecule has 0 atom stereocenters. The van der Waals surface area contributed by atoms with Crippen LogP contribution >= 0.6 is 0 Å². The summed E-state index contributed by atoms with van der Waals surface area (Å²) >= 11 is 0. The van der Waals surface area contributed by atoms with Crippen LogP contribution in [0.15, 0.2) is 34.3 Å². The Morgan fingerprint density at radius 1 is 1.13 bits per heavy atom. The summed E-state index contributed by atoms with van der Waals surface area (Å²) in [5.74, 6) is 0.978. The monoisotopic (exact) mass is 202 g/mol. The molecule has 1 amide bonds. The van der Waals surface area contributed by atoms with Gasteiger partial charge in [-0.15, -0.1) is 0 Å². The highest BCUT2D eigenvalue weighted by Crippen LogP contribution is 2.14. The van der Waals surface area contributed by atoms with Crippen molar-refractivity contribution >= 4 is 17.5 Å². The van der Waals surface area contributed by atoms with E-state index in [9.17, 15) is 4.79 Å². The average molecular weight is 202 g/mol. The number of rotatable bonds is 2. The van der Waals surface area contributed by atoms with E-state index < -0.39 is 0 Å². The molecule has 0 saturated heterocycles. The Hall–Kier alpha value is -1.97. The molecule has 1 aliphatic heterocycles. The van der Waals surface area contributed by atoms with Gasteiger partial charge in [-0.25, -0.2) is 4.99 Å². The lowest BCUT2D eigenvalue weighted by Crippen LogP contribution is -2.08. The zero-order valence-electron chi connectivity index (χ0n) is 8.52. The SMILES string of the molecule is COc1ccc(C2=NC(C)=NC2=O)cc1. The van der Waals surface area contributed by atoms with Gasteiger partial charge < -0.3 is 4.74 Å². The zero-order valence-corrected chi connectivity index (χ0v) is 8.52. The molecule has 2 rings (SSSR count). The predicted molar refractivity (Wildman–Crippen MR) is 57.6 cm³/mol. The minimum absolute atomic E-state index is 0.280. The van der Waals surface area contributed by atoms with Crippen molar-refractivity contribution < 1.29 is 9.53 Å². The number of hydrogen-bond acceptors (Lipinski definition) is 3. The maximum absolute atomic E-state index is 11.4. The number of carbonyl (C=O) groups is 1. The van der Waals surface area contributed by atoms with Gasteiger partial charge in [0.1, 0.15) is 17.3 Å². The highest BCUT2D eigenvalue weighted by atomic mass is 16.5. The van der Waals surface area contributed by atoms with Gasteiger partial charge in [-0.3, -0.25) is 4.79 Å². The summed E-state index contributed by atoms with van der Waals surface area (Å²) in [6.07, 6.45) is 0. The van der Waals surface area contributed by atoms with Crippen LogP contribution in [0.5, 0.6) is 5.75 Å². The number of ether oxygens (including phenoxy) is 1. The summed E-state index contributed by atoms with van der Waals surface area (Å²) < 4.78 is 5.03. The lowest BCUT2D eigenvalue weighted by molar-refractivity contribution is -0.111. The van der Waals surface area contributed by atoms with E-state index in [2.05, 4.69) is 9.98 Å². The summed E-state index contributed by atoms with van der Waals surface area (Å²) in [4.78, 5) is 19.2. The Morgan fingerprint density at radius 3 is 2.27 bits per heavy atom. The fourth-order valence-electron chi connectivity index (χ4n) is 1.37. The lowest BCUT2D eigenvalue weighted by Gasteiger charge is -2.01. The van der Waals surface area contributed by atoms with Crippen molar-refractivity contribution in [2.45, 2.75) is 6.92 Å². The molecule has 15 heavy (non-hydrogen) atoms. The number of amides is 1. The molecule has 0 radical (unpaired) electrons. The molecule has 1 aliphatic rings. The third kappa shape index (κ3) is 1.79. The van der Waals surface area contributed by atoms with Gasteiger partial charge in [0.2, 0.25) is 0 Å². The first kappa shape index (κ1) is 9.58. The molecular formula is C11H10N2O2. The fraction of sp³-hybridized carbons (Fsp3) is 0.182. The minimum Gasteiger partial charge on any atom is -0.497 e. The Kier molecular flexibility index (Phi) is 2.33.